The van der Waals surface area contributed by atoms with Crippen molar-refractivity contribution in [2.75, 3.05) is 5.75 Å². The van der Waals surface area contributed by atoms with Gasteiger partial charge in [0.2, 0.25) is 0 Å². The van der Waals surface area contributed by atoms with Gasteiger partial charge in [-0.15, -0.1) is 11.3 Å². The molecule has 16 heavy (non-hydrogen) atoms. The third kappa shape index (κ3) is 2.99. The van der Waals surface area contributed by atoms with Crippen LogP contribution in [0.4, 0.5) is 0 Å². The maximum atomic E-state index is 9.85. The highest BCUT2D eigenvalue weighted by molar-refractivity contribution is 7.98. The summed E-state index contributed by atoms with van der Waals surface area (Å²) in [5, 5.41) is 11.0. The highest BCUT2D eigenvalue weighted by Gasteiger charge is 2.22. The number of hydrogen-bond acceptors (Lipinski definition) is 4. The number of aliphatic hydroxyl groups is 1. The Balaban J connectivity index is 1.96. The molecule has 0 radical (unpaired) electrons. The van der Waals surface area contributed by atoms with Gasteiger partial charge in [-0.2, -0.15) is 11.8 Å². The summed E-state index contributed by atoms with van der Waals surface area (Å²) in [4.78, 5) is 5.77. The van der Waals surface area contributed by atoms with Crippen LogP contribution in [0.1, 0.15) is 48.4 Å². The van der Waals surface area contributed by atoms with E-state index in [2.05, 4.69) is 18.8 Å². The summed E-state index contributed by atoms with van der Waals surface area (Å²) in [6.45, 7) is 4.48. The van der Waals surface area contributed by atoms with Gasteiger partial charge in [0, 0.05) is 5.75 Å². The van der Waals surface area contributed by atoms with Gasteiger partial charge in [0.15, 0.2) is 0 Å². The van der Waals surface area contributed by atoms with Gasteiger partial charge in [0.1, 0.15) is 5.01 Å². The molecule has 90 valence electrons. The number of rotatable bonds is 4. The normalized spacial score (nSPS) is 20.1. The van der Waals surface area contributed by atoms with Crippen LogP contribution in [-0.2, 0) is 12.2 Å². The SMILES string of the molecule is CC(C)CSCc1nc2c(s1)C(O)CCC2. The topological polar surface area (TPSA) is 33.1 Å². The Labute approximate surface area is 105 Å². The molecule has 1 heterocycles. The van der Waals surface area contributed by atoms with Crippen LogP contribution >= 0.6 is 23.1 Å². The fraction of sp³-hybridized carbons (Fsp3) is 0.750. The Morgan fingerprint density at radius 2 is 2.38 bits per heavy atom. The van der Waals surface area contributed by atoms with Crippen LogP contribution in [0, 0.1) is 5.92 Å². The highest BCUT2D eigenvalue weighted by atomic mass is 32.2. The van der Waals surface area contributed by atoms with Crippen molar-refractivity contribution in [1.82, 2.24) is 4.98 Å². The lowest BCUT2D eigenvalue weighted by Crippen LogP contribution is -2.06. The fourth-order valence-electron chi connectivity index (χ4n) is 1.89. The molecule has 1 aliphatic carbocycles. The first-order chi connectivity index (χ1) is 7.66. The number of aryl methyl sites for hydroxylation is 1. The van der Waals surface area contributed by atoms with Gasteiger partial charge in [0.05, 0.1) is 16.7 Å². The molecule has 0 amide bonds. The van der Waals surface area contributed by atoms with Crippen molar-refractivity contribution in [3.63, 3.8) is 0 Å². The Morgan fingerprint density at radius 3 is 3.06 bits per heavy atom. The minimum atomic E-state index is -0.245. The van der Waals surface area contributed by atoms with Crippen molar-refractivity contribution in [3.05, 3.63) is 15.6 Å². The van der Waals surface area contributed by atoms with Gasteiger partial charge in [-0.25, -0.2) is 4.98 Å². The molecule has 0 saturated heterocycles. The van der Waals surface area contributed by atoms with Crippen molar-refractivity contribution in [2.45, 2.75) is 45.0 Å². The maximum Gasteiger partial charge on any atom is 0.103 e. The van der Waals surface area contributed by atoms with Gasteiger partial charge in [-0.1, -0.05) is 13.8 Å². The summed E-state index contributed by atoms with van der Waals surface area (Å²) in [5.41, 5.74) is 1.16. The number of nitrogens with zero attached hydrogens (tertiary/aromatic N) is 1. The Bertz CT molecular complexity index is 349. The van der Waals surface area contributed by atoms with E-state index in [9.17, 15) is 5.11 Å². The zero-order chi connectivity index (χ0) is 11.5. The molecule has 1 atom stereocenters. The van der Waals surface area contributed by atoms with Crippen LogP contribution in [0.25, 0.3) is 0 Å². The van der Waals surface area contributed by atoms with Crippen LogP contribution in [0.3, 0.4) is 0 Å². The van der Waals surface area contributed by atoms with E-state index in [0.29, 0.717) is 0 Å². The lowest BCUT2D eigenvalue weighted by atomic mass is 10.0. The third-order valence-corrected chi connectivity index (χ3v) is 5.40. The van der Waals surface area contributed by atoms with Gasteiger partial charge >= 0.3 is 0 Å². The van der Waals surface area contributed by atoms with E-state index in [0.717, 1.165) is 41.5 Å². The minimum absolute atomic E-state index is 0.245. The summed E-state index contributed by atoms with van der Waals surface area (Å²) in [5.74, 6) is 2.93. The molecule has 1 N–H and O–H groups in total. The van der Waals surface area contributed by atoms with E-state index >= 15 is 0 Å². The predicted molar refractivity (Wildman–Crippen MR) is 71.0 cm³/mol. The van der Waals surface area contributed by atoms with E-state index in [1.165, 1.54) is 10.8 Å². The molecule has 1 unspecified atom stereocenters. The smallest absolute Gasteiger partial charge is 0.103 e. The van der Waals surface area contributed by atoms with Crippen molar-refractivity contribution < 1.29 is 5.11 Å². The van der Waals surface area contributed by atoms with E-state index in [-0.39, 0.29) is 6.10 Å². The molecule has 4 heteroatoms. The summed E-state index contributed by atoms with van der Waals surface area (Å²) in [6.07, 6.45) is 2.80. The van der Waals surface area contributed by atoms with Crippen molar-refractivity contribution in [1.29, 1.82) is 0 Å². The molecular weight excluding hydrogens is 238 g/mol. The largest absolute Gasteiger partial charge is 0.388 e. The number of thioether (sulfide) groups is 1. The first-order valence-electron chi connectivity index (χ1n) is 5.91. The molecule has 0 fully saturated rings. The average Bonchev–Trinajstić information content (AvgIpc) is 2.61. The lowest BCUT2D eigenvalue weighted by molar-refractivity contribution is 0.160. The number of aromatic nitrogens is 1. The number of thiazole rings is 1. The van der Waals surface area contributed by atoms with E-state index in [4.69, 9.17) is 0 Å². The number of aliphatic hydroxyl groups excluding tert-OH is 1. The van der Waals surface area contributed by atoms with Gasteiger partial charge in [-0.3, -0.25) is 0 Å². The van der Waals surface area contributed by atoms with E-state index in [1.54, 1.807) is 11.3 Å². The minimum Gasteiger partial charge on any atom is -0.388 e. The summed E-state index contributed by atoms with van der Waals surface area (Å²) in [7, 11) is 0. The Morgan fingerprint density at radius 1 is 1.56 bits per heavy atom. The van der Waals surface area contributed by atoms with Gasteiger partial charge in [0.25, 0.3) is 0 Å². The predicted octanol–water partition coefficient (Wildman–Crippen LogP) is 3.40. The van der Waals surface area contributed by atoms with Gasteiger partial charge in [-0.05, 0) is 30.9 Å². The molecule has 1 aliphatic rings. The second kappa shape index (κ2) is 5.52. The molecule has 0 spiro atoms. The summed E-state index contributed by atoms with van der Waals surface area (Å²) < 4.78 is 0. The van der Waals surface area contributed by atoms with Gasteiger partial charge < -0.3 is 5.11 Å². The van der Waals surface area contributed by atoms with Crippen LogP contribution in [0.2, 0.25) is 0 Å². The monoisotopic (exact) mass is 257 g/mol. The van der Waals surface area contributed by atoms with Crippen LogP contribution in [-0.4, -0.2) is 15.8 Å². The number of hydrogen-bond donors (Lipinski definition) is 1. The Hall–Kier alpha value is -0.0600. The maximum absolute atomic E-state index is 9.85. The Kier molecular flexibility index (Phi) is 4.27. The average molecular weight is 257 g/mol. The molecule has 0 bridgehead atoms. The zero-order valence-electron chi connectivity index (χ0n) is 9.90. The standard InChI is InChI=1S/C12H19NOS2/c1-8(2)6-15-7-11-13-9-4-3-5-10(14)12(9)16-11/h8,10,14H,3-7H2,1-2H3. The molecule has 2 nitrogen and oxygen atoms in total. The van der Waals surface area contributed by atoms with E-state index in [1.807, 2.05) is 11.8 Å². The van der Waals surface area contributed by atoms with E-state index < -0.39 is 0 Å². The molecule has 0 aromatic carbocycles. The quantitative estimate of drug-likeness (QED) is 0.897. The van der Waals surface area contributed by atoms with Crippen molar-refractivity contribution in [3.8, 4) is 0 Å². The highest BCUT2D eigenvalue weighted by Crippen LogP contribution is 2.35. The van der Waals surface area contributed by atoms with Crippen molar-refractivity contribution in [2.24, 2.45) is 5.92 Å². The lowest BCUT2D eigenvalue weighted by Gasteiger charge is -2.14. The summed E-state index contributed by atoms with van der Waals surface area (Å²) in [6, 6.07) is 0. The first-order valence-corrected chi connectivity index (χ1v) is 7.88. The van der Waals surface area contributed by atoms with Crippen LogP contribution in [0.15, 0.2) is 0 Å². The molecule has 1 aromatic rings. The molecule has 0 aliphatic heterocycles. The second-order valence-corrected chi connectivity index (χ2v) is 6.88. The third-order valence-electron chi connectivity index (χ3n) is 2.64. The molecule has 1 aromatic heterocycles. The van der Waals surface area contributed by atoms with Crippen molar-refractivity contribution >= 4 is 23.1 Å². The second-order valence-electron chi connectivity index (χ2n) is 4.74. The number of fused-ring (bicyclic) bond motifs is 1. The zero-order valence-corrected chi connectivity index (χ0v) is 11.5. The fourth-order valence-corrected chi connectivity index (χ4v) is 4.13. The molecule has 2 rings (SSSR count). The molecular formula is C12H19NOS2. The van der Waals surface area contributed by atoms with Crippen LogP contribution in [0.5, 0.6) is 0 Å². The van der Waals surface area contributed by atoms with Crippen LogP contribution < -0.4 is 0 Å². The molecule has 0 saturated carbocycles. The summed E-state index contributed by atoms with van der Waals surface area (Å²) >= 11 is 3.66. The first kappa shape index (κ1) is 12.4.